The van der Waals surface area contributed by atoms with E-state index in [2.05, 4.69) is 15.3 Å². The summed E-state index contributed by atoms with van der Waals surface area (Å²) in [5.74, 6) is -0.884. The molecule has 0 bridgehead atoms. The molecule has 9 heteroatoms. The van der Waals surface area contributed by atoms with E-state index in [1.54, 1.807) is 12.1 Å². The summed E-state index contributed by atoms with van der Waals surface area (Å²) in [6, 6.07) is 10.9. The topological polar surface area (TPSA) is 59.3 Å². The Bertz CT molecular complexity index is 1080. The fraction of sp³-hybridized carbons (Fsp3) is 0.227. The van der Waals surface area contributed by atoms with Crippen LogP contribution in [0.4, 0.5) is 17.6 Å². The van der Waals surface area contributed by atoms with Crippen LogP contribution in [-0.4, -0.2) is 22.4 Å². The molecule has 0 aliphatic rings. The van der Waals surface area contributed by atoms with Crippen molar-refractivity contribution >= 4 is 5.84 Å². The number of pyridine rings is 2. The quantitative estimate of drug-likeness (QED) is 0.274. The Morgan fingerprint density at radius 1 is 1.10 bits per heavy atom. The minimum atomic E-state index is -3.01. The Labute approximate surface area is 176 Å². The van der Waals surface area contributed by atoms with Crippen molar-refractivity contribution in [3.8, 4) is 0 Å². The summed E-state index contributed by atoms with van der Waals surface area (Å²) < 4.78 is 53.8. The maximum Gasteiger partial charge on any atom is 0.321 e. The summed E-state index contributed by atoms with van der Waals surface area (Å²) in [7, 11) is 1.47. The van der Waals surface area contributed by atoms with E-state index in [-0.39, 0.29) is 11.4 Å². The monoisotopic (exact) mass is 432 g/mol. The van der Waals surface area contributed by atoms with Crippen LogP contribution in [-0.2, 0) is 5.54 Å². The predicted molar refractivity (Wildman–Crippen MR) is 109 cm³/mol. The number of halogens is 4. The van der Waals surface area contributed by atoms with E-state index in [9.17, 15) is 22.4 Å². The Balaban J connectivity index is 2.15. The number of nitrogens with one attached hydrogen (secondary N) is 1. The normalized spacial score (nSPS) is 13.8. The molecular weight excluding hydrogens is 412 g/mol. The summed E-state index contributed by atoms with van der Waals surface area (Å²) >= 11 is 0. The van der Waals surface area contributed by atoms with Gasteiger partial charge in [0, 0.05) is 36.6 Å². The highest BCUT2D eigenvalue weighted by molar-refractivity contribution is 5.99. The number of alkyl halides is 2. The molecule has 2 heterocycles. The van der Waals surface area contributed by atoms with Crippen molar-refractivity contribution in [3.05, 3.63) is 99.7 Å². The van der Waals surface area contributed by atoms with Gasteiger partial charge in [0.2, 0.25) is 5.95 Å². The number of hydrogen-bond donors (Lipinski definition) is 1. The van der Waals surface area contributed by atoms with Crippen LogP contribution in [0.5, 0.6) is 0 Å². The standard InChI is InChI=1S/C22H20F4N4O/c1-3-22(15-5-8-17(23)9-6-15,16-7-10-18(24)28-12-16)29-20(27-2)14-4-11-19(31)30(13-14)21(25)26/h4-13,21H,3H2,1-2H3,(H,27,29)/t22-/m0/s1. The van der Waals surface area contributed by atoms with Crippen molar-refractivity contribution in [2.45, 2.75) is 25.4 Å². The second-order valence-corrected chi connectivity index (χ2v) is 6.77. The van der Waals surface area contributed by atoms with Gasteiger partial charge in [0.05, 0.1) is 5.54 Å². The van der Waals surface area contributed by atoms with Crippen molar-refractivity contribution in [1.29, 1.82) is 0 Å². The molecule has 0 aliphatic carbocycles. The van der Waals surface area contributed by atoms with Gasteiger partial charge < -0.3 is 5.32 Å². The lowest BCUT2D eigenvalue weighted by atomic mass is 9.81. The van der Waals surface area contributed by atoms with Gasteiger partial charge in [-0.2, -0.15) is 13.2 Å². The number of aliphatic imine (C=N–C) groups is 1. The first-order valence-corrected chi connectivity index (χ1v) is 9.44. The molecular formula is C22H20F4N4O. The highest BCUT2D eigenvalue weighted by Gasteiger charge is 2.34. The molecule has 3 rings (SSSR count). The first-order valence-electron chi connectivity index (χ1n) is 9.44. The average molecular weight is 432 g/mol. The second kappa shape index (κ2) is 9.11. The van der Waals surface area contributed by atoms with Crippen molar-refractivity contribution < 1.29 is 17.6 Å². The molecule has 1 atom stereocenters. The fourth-order valence-electron chi connectivity index (χ4n) is 3.43. The maximum absolute atomic E-state index is 13.6. The fourth-order valence-corrected chi connectivity index (χ4v) is 3.43. The number of rotatable bonds is 6. The van der Waals surface area contributed by atoms with E-state index in [0.29, 0.717) is 22.1 Å². The van der Waals surface area contributed by atoms with Crippen LogP contribution >= 0.6 is 0 Å². The molecule has 31 heavy (non-hydrogen) atoms. The van der Waals surface area contributed by atoms with Crippen LogP contribution in [0.3, 0.4) is 0 Å². The number of hydrogen-bond acceptors (Lipinski definition) is 3. The molecule has 0 radical (unpaired) electrons. The third kappa shape index (κ3) is 4.50. The van der Waals surface area contributed by atoms with Gasteiger partial charge in [0.1, 0.15) is 11.7 Å². The van der Waals surface area contributed by atoms with Gasteiger partial charge in [-0.05, 0) is 36.2 Å². The molecule has 2 aromatic heterocycles. The maximum atomic E-state index is 13.6. The summed E-state index contributed by atoms with van der Waals surface area (Å²) in [6.07, 6.45) is 2.76. The molecule has 162 valence electrons. The van der Waals surface area contributed by atoms with E-state index in [1.807, 2.05) is 6.92 Å². The zero-order valence-corrected chi connectivity index (χ0v) is 16.8. The third-order valence-corrected chi connectivity index (χ3v) is 5.06. The lowest BCUT2D eigenvalue weighted by Crippen LogP contribution is -2.47. The van der Waals surface area contributed by atoms with Gasteiger partial charge >= 0.3 is 6.55 Å². The largest absolute Gasteiger partial charge is 0.356 e. The van der Waals surface area contributed by atoms with E-state index in [1.165, 1.54) is 43.6 Å². The number of nitrogens with zero attached hydrogens (tertiary/aromatic N) is 3. The van der Waals surface area contributed by atoms with E-state index in [0.717, 1.165) is 12.3 Å². The summed E-state index contributed by atoms with van der Waals surface area (Å²) in [6.45, 7) is -1.16. The minimum Gasteiger partial charge on any atom is -0.356 e. The summed E-state index contributed by atoms with van der Waals surface area (Å²) in [5, 5.41) is 3.25. The lowest BCUT2D eigenvalue weighted by Gasteiger charge is -2.36. The molecule has 0 amide bonds. The van der Waals surface area contributed by atoms with E-state index in [4.69, 9.17) is 0 Å². The molecule has 5 nitrogen and oxygen atoms in total. The zero-order valence-electron chi connectivity index (χ0n) is 16.8. The van der Waals surface area contributed by atoms with Crippen LogP contribution < -0.4 is 10.9 Å². The lowest BCUT2D eigenvalue weighted by molar-refractivity contribution is 0.0663. The highest BCUT2D eigenvalue weighted by atomic mass is 19.3. The third-order valence-electron chi connectivity index (χ3n) is 5.06. The van der Waals surface area contributed by atoms with Crippen molar-refractivity contribution in [1.82, 2.24) is 14.9 Å². The molecule has 0 unspecified atom stereocenters. The van der Waals surface area contributed by atoms with Crippen molar-refractivity contribution in [2.75, 3.05) is 7.05 Å². The Morgan fingerprint density at radius 3 is 2.32 bits per heavy atom. The first kappa shape index (κ1) is 22.2. The Morgan fingerprint density at radius 2 is 1.77 bits per heavy atom. The number of aromatic nitrogens is 2. The SMILES string of the molecule is CC[C@](NC(=NC)c1ccc(=O)n(C(F)F)c1)(c1ccc(F)cc1)c1ccc(F)nc1. The van der Waals surface area contributed by atoms with Crippen molar-refractivity contribution in [3.63, 3.8) is 0 Å². The van der Waals surface area contributed by atoms with Crippen LogP contribution in [0, 0.1) is 11.8 Å². The van der Waals surface area contributed by atoms with E-state index >= 15 is 0 Å². The Hall–Kier alpha value is -3.49. The van der Waals surface area contributed by atoms with Crippen LogP contribution in [0.25, 0.3) is 0 Å². The molecule has 1 aromatic carbocycles. The molecule has 1 N–H and O–H groups in total. The van der Waals surface area contributed by atoms with Crippen LogP contribution in [0.15, 0.2) is 70.7 Å². The van der Waals surface area contributed by atoms with Gasteiger partial charge in [-0.3, -0.25) is 14.4 Å². The van der Waals surface area contributed by atoms with E-state index < -0.39 is 29.4 Å². The molecule has 0 spiro atoms. The minimum absolute atomic E-state index is 0.213. The first-order chi connectivity index (χ1) is 14.8. The molecule has 0 saturated carbocycles. The smallest absolute Gasteiger partial charge is 0.321 e. The van der Waals surface area contributed by atoms with Gasteiger partial charge in [-0.25, -0.2) is 9.37 Å². The van der Waals surface area contributed by atoms with Gasteiger partial charge in [-0.15, -0.1) is 0 Å². The predicted octanol–water partition coefficient (Wildman–Crippen LogP) is 4.24. The zero-order chi connectivity index (χ0) is 22.6. The summed E-state index contributed by atoms with van der Waals surface area (Å²) in [5.41, 5.74) is -0.441. The molecule has 0 saturated heterocycles. The molecule has 0 fully saturated rings. The van der Waals surface area contributed by atoms with Crippen molar-refractivity contribution in [2.24, 2.45) is 4.99 Å². The second-order valence-electron chi connectivity index (χ2n) is 6.77. The average Bonchev–Trinajstić information content (AvgIpc) is 2.77. The highest BCUT2D eigenvalue weighted by Crippen LogP contribution is 2.33. The van der Waals surface area contributed by atoms with Gasteiger partial charge in [0.25, 0.3) is 5.56 Å². The van der Waals surface area contributed by atoms with Crippen LogP contribution in [0.1, 0.15) is 36.6 Å². The number of benzene rings is 1. The summed E-state index contributed by atoms with van der Waals surface area (Å²) in [4.78, 5) is 19.6. The van der Waals surface area contributed by atoms with Gasteiger partial charge in [-0.1, -0.05) is 25.1 Å². The Kier molecular flexibility index (Phi) is 6.53. The molecule has 3 aromatic rings. The molecule has 0 aliphatic heterocycles. The van der Waals surface area contributed by atoms with Crippen LogP contribution in [0.2, 0.25) is 0 Å². The number of amidine groups is 1. The van der Waals surface area contributed by atoms with Gasteiger partial charge in [0.15, 0.2) is 0 Å².